The van der Waals surface area contributed by atoms with Crippen LogP contribution in [0.15, 0.2) is 29.3 Å². The first kappa shape index (κ1) is 14.8. The second kappa shape index (κ2) is 5.79. The minimum atomic E-state index is -0.203. The first-order valence-electron chi connectivity index (χ1n) is 6.87. The highest BCUT2D eigenvalue weighted by molar-refractivity contribution is 5.81. The summed E-state index contributed by atoms with van der Waals surface area (Å²) >= 11 is 0. The summed E-state index contributed by atoms with van der Waals surface area (Å²) in [6.45, 7) is 4.62. The van der Waals surface area contributed by atoms with E-state index >= 15 is 0 Å². The molecule has 110 valence electrons. The Labute approximate surface area is 120 Å². The van der Waals surface area contributed by atoms with E-state index < -0.39 is 0 Å². The van der Waals surface area contributed by atoms with Crippen LogP contribution in [0.2, 0.25) is 0 Å². The minimum Gasteiger partial charge on any atom is -0.370 e. The first-order chi connectivity index (χ1) is 9.40. The molecule has 0 amide bonds. The predicted molar refractivity (Wildman–Crippen MR) is 80.3 cm³/mol. The molecule has 1 aromatic carbocycles. The summed E-state index contributed by atoms with van der Waals surface area (Å²) in [5.74, 6) is 0.405. The molecule has 0 saturated heterocycles. The summed E-state index contributed by atoms with van der Waals surface area (Å²) in [6, 6.07) is 6.67. The van der Waals surface area contributed by atoms with Gasteiger partial charge in [-0.05, 0) is 45.1 Å². The monoisotopic (exact) mass is 278 g/mol. The van der Waals surface area contributed by atoms with Crippen molar-refractivity contribution < 1.29 is 4.39 Å². The van der Waals surface area contributed by atoms with Gasteiger partial charge in [0.1, 0.15) is 5.82 Å². The second-order valence-corrected chi connectivity index (χ2v) is 5.93. The molecule has 0 radical (unpaired) electrons. The van der Waals surface area contributed by atoms with Gasteiger partial charge in [0.2, 0.25) is 0 Å². The van der Waals surface area contributed by atoms with Crippen molar-refractivity contribution in [3.05, 3.63) is 35.6 Å². The smallest absolute Gasteiger partial charge is 0.191 e. The molecule has 5 heteroatoms. The average molecular weight is 278 g/mol. The highest BCUT2D eigenvalue weighted by atomic mass is 19.1. The number of guanidine groups is 1. The molecule has 1 aliphatic rings. The number of rotatable bonds is 5. The van der Waals surface area contributed by atoms with Crippen LogP contribution in [0.5, 0.6) is 0 Å². The van der Waals surface area contributed by atoms with Crippen molar-refractivity contribution in [2.75, 3.05) is 33.7 Å². The van der Waals surface area contributed by atoms with Crippen LogP contribution in [-0.4, -0.2) is 55.0 Å². The molecular formula is C15H23FN4. The van der Waals surface area contributed by atoms with Crippen molar-refractivity contribution in [2.24, 2.45) is 10.7 Å². The molecule has 1 atom stereocenters. The Hall–Kier alpha value is -1.62. The normalized spacial score (nSPS) is 22.4. The molecule has 0 spiro atoms. The largest absolute Gasteiger partial charge is 0.370 e. The number of hydrogen-bond donors (Lipinski definition) is 1. The zero-order valence-corrected chi connectivity index (χ0v) is 12.4. The molecule has 20 heavy (non-hydrogen) atoms. The summed E-state index contributed by atoms with van der Waals surface area (Å²) in [5.41, 5.74) is 6.99. The van der Waals surface area contributed by atoms with E-state index in [2.05, 4.69) is 21.7 Å². The van der Waals surface area contributed by atoms with Gasteiger partial charge in [-0.1, -0.05) is 12.1 Å². The van der Waals surface area contributed by atoms with Crippen molar-refractivity contribution in [3.8, 4) is 0 Å². The van der Waals surface area contributed by atoms with Crippen molar-refractivity contribution >= 4 is 5.96 Å². The van der Waals surface area contributed by atoms with Crippen LogP contribution in [-0.2, 0) is 6.42 Å². The van der Waals surface area contributed by atoms with E-state index in [0.29, 0.717) is 12.5 Å². The molecule has 1 heterocycles. The summed E-state index contributed by atoms with van der Waals surface area (Å²) in [7, 11) is 4.08. The van der Waals surface area contributed by atoms with Crippen LogP contribution in [0.4, 0.5) is 4.39 Å². The fourth-order valence-electron chi connectivity index (χ4n) is 2.58. The Morgan fingerprint density at radius 2 is 2.00 bits per heavy atom. The molecule has 0 fully saturated rings. The van der Waals surface area contributed by atoms with E-state index in [1.807, 2.05) is 26.2 Å². The van der Waals surface area contributed by atoms with Gasteiger partial charge in [0.15, 0.2) is 5.96 Å². The molecule has 1 unspecified atom stereocenters. The quantitative estimate of drug-likeness (QED) is 0.883. The highest BCUT2D eigenvalue weighted by Gasteiger charge is 2.37. The molecule has 4 nitrogen and oxygen atoms in total. The number of aliphatic imine (C=N–C) groups is 1. The molecule has 1 aliphatic heterocycles. The van der Waals surface area contributed by atoms with Crippen LogP contribution in [0, 0.1) is 5.82 Å². The molecule has 2 N–H and O–H groups in total. The van der Waals surface area contributed by atoms with Gasteiger partial charge in [-0.2, -0.15) is 0 Å². The Morgan fingerprint density at radius 3 is 2.60 bits per heavy atom. The van der Waals surface area contributed by atoms with Crippen molar-refractivity contribution in [3.63, 3.8) is 0 Å². The minimum absolute atomic E-state index is 0.127. The zero-order valence-electron chi connectivity index (χ0n) is 12.4. The van der Waals surface area contributed by atoms with E-state index in [4.69, 9.17) is 5.73 Å². The molecule has 0 saturated carbocycles. The van der Waals surface area contributed by atoms with Gasteiger partial charge >= 0.3 is 0 Å². The van der Waals surface area contributed by atoms with E-state index in [9.17, 15) is 4.39 Å². The van der Waals surface area contributed by atoms with E-state index in [1.165, 1.54) is 12.1 Å². The van der Waals surface area contributed by atoms with Crippen LogP contribution in [0.1, 0.15) is 12.5 Å². The Kier molecular flexibility index (Phi) is 4.28. The van der Waals surface area contributed by atoms with Crippen LogP contribution < -0.4 is 5.73 Å². The van der Waals surface area contributed by atoms with Gasteiger partial charge in [0.05, 0.1) is 12.1 Å². The number of nitrogens with two attached hydrogens (primary N) is 1. The van der Waals surface area contributed by atoms with Crippen molar-refractivity contribution in [1.82, 2.24) is 9.80 Å². The fourth-order valence-corrected chi connectivity index (χ4v) is 2.58. The van der Waals surface area contributed by atoms with E-state index in [-0.39, 0.29) is 11.4 Å². The lowest BCUT2D eigenvalue weighted by Gasteiger charge is -2.37. The van der Waals surface area contributed by atoms with Crippen molar-refractivity contribution in [2.45, 2.75) is 18.9 Å². The first-order valence-corrected chi connectivity index (χ1v) is 6.87. The van der Waals surface area contributed by atoms with Crippen molar-refractivity contribution in [1.29, 1.82) is 0 Å². The summed E-state index contributed by atoms with van der Waals surface area (Å²) in [6.07, 6.45) is 0.810. The second-order valence-electron chi connectivity index (χ2n) is 5.93. The number of halogens is 1. The Bertz CT molecular complexity index is 483. The fraction of sp³-hybridized carbons (Fsp3) is 0.533. The Balaban J connectivity index is 2.09. The summed E-state index contributed by atoms with van der Waals surface area (Å²) in [5, 5.41) is 0. The molecule has 0 aliphatic carbocycles. The number of nitrogens with zero attached hydrogens (tertiary/aromatic N) is 3. The molecule has 2 rings (SSSR count). The molecule has 1 aromatic rings. The van der Waals surface area contributed by atoms with E-state index in [1.54, 1.807) is 0 Å². The molecule has 0 bridgehead atoms. The van der Waals surface area contributed by atoms with Gasteiger partial charge < -0.3 is 15.5 Å². The van der Waals surface area contributed by atoms with Crippen LogP contribution >= 0.6 is 0 Å². The Morgan fingerprint density at radius 1 is 1.35 bits per heavy atom. The van der Waals surface area contributed by atoms with Gasteiger partial charge in [-0.25, -0.2) is 4.39 Å². The third-order valence-corrected chi connectivity index (χ3v) is 3.78. The SMILES string of the molecule is CN(C)CCN1C(N)=NCC1(C)Cc1ccc(F)cc1. The van der Waals surface area contributed by atoms with E-state index in [0.717, 1.165) is 25.1 Å². The predicted octanol–water partition coefficient (Wildman–Crippen LogP) is 1.32. The third-order valence-electron chi connectivity index (χ3n) is 3.78. The number of benzene rings is 1. The van der Waals surface area contributed by atoms with Crippen LogP contribution in [0.3, 0.4) is 0 Å². The highest BCUT2D eigenvalue weighted by Crippen LogP contribution is 2.25. The maximum atomic E-state index is 13.0. The molecule has 0 aromatic heterocycles. The summed E-state index contributed by atoms with van der Waals surface area (Å²) in [4.78, 5) is 8.68. The maximum Gasteiger partial charge on any atom is 0.191 e. The lowest BCUT2D eigenvalue weighted by molar-refractivity contribution is 0.202. The maximum absolute atomic E-state index is 13.0. The molecular weight excluding hydrogens is 255 g/mol. The standard InChI is InChI=1S/C15H23FN4/c1-15(10-12-4-6-13(16)7-5-12)11-18-14(17)20(15)9-8-19(2)3/h4-7H,8-11H2,1-3H3,(H2,17,18). The third kappa shape index (κ3) is 3.28. The zero-order chi connectivity index (χ0) is 14.8. The summed E-state index contributed by atoms with van der Waals surface area (Å²) < 4.78 is 13.0. The van der Waals surface area contributed by atoms with Gasteiger partial charge in [0.25, 0.3) is 0 Å². The topological polar surface area (TPSA) is 44.9 Å². The lowest BCUT2D eigenvalue weighted by atomic mass is 9.92. The number of likely N-dealkylation sites (N-methyl/N-ethyl adjacent to an activating group) is 1. The van der Waals surface area contributed by atoms with Gasteiger partial charge in [-0.15, -0.1) is 0 Å². The number of hydrogen-bond acceptors (Lipinski definition) is 4. The van der Waals surface area contributed by atoms with Gasteiger partial charge in [-0.3, -0.25) is 4.99 Å². The lowest BCUT2D eigenvalue weighted by Crippen LogP contribution is -2.52. The van der Waals surface area contributed by atoms with Crippen LogP contribution in [0.25, 0.3) is 0 Å². The van der Waals surface area contributed by atoms with Gasteiger partial charge in [0, 0.05) is 13.1 Å². The average Bonchev–Trinajstić information content (AvgIpc) is 2.66.